The van der Waals surface area contributed by atoms with Gasteiger partial charge in [0.05, 0.1) is 29.8 Å². The van der Waals surface area contributed by atoms with Gasteiger partial charge in [0.15, 0.2) is 0 Å². The van der Waals surface area contributed by atoms with Crippen LogP contribution in [0.5, 0.6) is 0 Å². The first-order valence-corrected chi connectivity index (χ1v) is 8.66. The molecule has 1 aromatic rings. The van der Waals surface area contributed by atoms with Crippen LogP contribution in [0.15, 0.2) is 24.3 Å². The van der Waals surface area contributed by atoms with Gasteiger partial charge in [-0.15, -0.1) is 0 Å². The molecule has 0 aliphatic carbocycles. The number of nitrogens with one attached hydrogen (secondary N) is 1. The molecule has 25 heavy (non-hydrogen) atoms. The zero-order valence-electron chi connectivity index (χ0n) is 13.5. The SMILES string of the molecule is O=C1CCC2(CN(C(=O)NC3CC(=O)N(c4ccccc4Cl)C3)C2)O1. The Hall–Kier alpha value is -2.28. The van der Waals surface area contributed by atoms with Crippen molar-refractivity contribution in [3.05, 3.63) is 29.3 Å². The van der Waals surface area contributed by atoms with Gasteiger partial charge in [-0.3, -0.25) is 9.59 Å². The highest BCUT2D eigenvalue weighted by Gasteiger charge is 2.52. The van der Waals surface area contributed by atoms with Crippen molar-refractivity contribution in [1.82, 2.24) is 10.2 Å². The molecule has 3 fully saturated rings. The number of likely N-dealkylation sites (tertiary alicyclic amines) is 1. The fourth-order valence-corrected chi connectivity index (χ4v) is 3.90. The summed E-state index contributed by atoms with van der Waals surface area (Å²) in [6.45, 7) is 1.22. The summed E-state index contributed by atoms with van der Waals surface area (Å²) in [5.74, 6) is -0.264. The van der Waals surface area contributed by atoms with Gasteiger partial charge in [0, 0.05) is 25.8 Å². The predicted octanol–water partition coefficient (Wildman–Crippen LogP) is 1.55. The maximum absolute atomic E-state index is 12.3. The van der Waals surface area contributed by atoms with E-state index in [1.807, 2.05) is 6.07 Å². The van der Waals surface area contributed by atoms with E-state index >= 15 is 0 Å². The number of ether oxygens (including phenoxy) is 1. The quantitative estimate of drug-likeness (QED) is 0.808. The molecule has 1 spiro atoms. The van der Waals surface area contributed by atoms with Gasteiger partial charge in [0.25, 0.3) is 0 Å². The Morgan fingerprint density at radius 2 is 2.04 bits per heavy atom. The second-order valence-electron chi connectivity index (χ2n) is 6.82. The van der Waals surface area contributed by atoms with Crippen LogP contribution in [0, 0.1) is 0 Å². The van der Waals surface area contributed by atoms with Crippen molar-refractivity contribution in [3.63, 3.8) is 0 Å². The zero-order chi connectivity index (χ0) is 17.6. The number of benzene rings is 1. The molecule has 3 saturated heterocycles. The van der Waals surface area contributed by atoms with Crippen LogP contribution in [0.4, 0.5) is 10.5 Å². The molecule has 0 saturated carbocycles. The molecular weight excluding hydrogens is 346 g/mol. The number of carbonyl (C=O) groups is 3. The molecule has 0 bridgehead atoms. The molecule has 3 amide bonds. The Bertz CT molecular complexity index is 747. The summed E-state index contributed by atoms with van der Waals surface area (Å²) >= 11 is 6.16. The van der Waals surface area contributed by atoms with Crippen molar-refractivity contribution in [3.8, 4) is 0 Å². The van der Waals surface area contributed by atoms with E-state index in [9.17, 15) is 14.4 Å². The first-order chi connectivity index (χ1) is 12.0. The van der Waals surface area contributed by atoms with Crippen molar-refractivity contribution >= 4 is 35.2 Å². The maximum atomic E-state index is 12.3. The molecule has 3 aliphatic rings. The topological polar surface area (TPSA) is 79.0 Å². The van der Waals surface area contributed by atoms with Gasteiger partial charge in [0.2, 0.25) is 5.91 Å². The molecule has 132 valence electrons. The Morgan fingerprint density at radius 3 is 2.72 bits per heavy atom. The summed E-state index contributed by atoms with van der Waals surface area (Å²) in [4.78, 5) is 39.1. The smallest absolute Gasteiger partial charge is 0.317 e. The normalized spacial score (nSPS) is 24.4. The number of rotatable bonds is 2. The molecule has 7 nitrogen and oxygen atoms in total. The summed E-state index contributed by atoms with van der Waals surface area (Å²) in [7, 11) is 0. The standard InChI is InChI=1S/C17H18ClN3O4/c18-12-3-1-2-4-13(12)21-8-11(7-14(21)22)19-16(24)20-9-17(10-20)6-5-15(23)25-17/h1-4,11H,5-10H2,(H,19,24). The number of hydrogen-bond donors (Lipinski definition) is 1. The fraction of sp³-hybridized carbons (Fsp3) is 0.471. The third-order valence-corrected chi connectivity index (χ3v) is 5.28. The first-order valence-electron chi connectivity index (χ1n) is 8.28. The van der Waals surface area contributed by atoms with Crippen molar-refractivity contribution in [2.45, 2.75) is 30.9 Å². The van der Waals surface area contributed by atoms with Crippen LogP contribution in [0.3, 0.4) is 0 Å². The van der Waals surface area contributed by atoms with Crippen LogP contribution in [-0.4, -0.2) is 54.1 Å². The number of anilines is 1. The second kappa shape index (κ2) is 5.91. The maximum Gasteiger partial charge on any atom is 0.317 e. The minimum absolute atomic E-state index is 0.0665. The van der Waals surface area contributed by atoms with Crippen LogP contribution in [0.1, 0.15) is 19.3 Å². The number of amides is 3. The van der Waals surface area contributed by atoms with E-state index in [4.69, 9.17) is 16.3 Å². The number of esters is 1. The molecule has 1 atom stereocenters. The van der Waals surface area contributed by atoms with Crippen molar-refractivity contribution in [1.29, 1.82) is 0 Å². The number of halogens is 1. The summed E-state index contributed by atoms with van der Waals surface area (Å²) in [5.41, 5.74) is 0.176. The average molecular weight is 364 g/mol. The molecule has 0 radical (unpaired) electrons. The van der Waals surface area contributed by atoms with E-state index in [2.05, 4.69) is 5.32 Å². The van der Waals surface area contributed by atoms with Gasteiger partial charge in [-0.2, -0.15) is 0 Å². The van der Waals surface area contributed by atoms with Crippen molar-refractivity contribution in [2.75, 3.05) is 24.5 Å². The largest absolute Gasteiger partial charge is 0.455 e. The highest BCUT2D eigenvalue weighted by atomic mass is 35.5. The average Bonchev–Trinajstić information content (AvgIpc) is 3.09. The Morgan fingerprint density at radius 1 is 1.28 bits per heavy atom. The fourth-order valence-electron chi connectivity index (χ4n) is 3.66. The van der Waals surface area contributed by atoms with Crippen molar-refractivity contribution in [2.24, 2.45) is 0 Å². The lowest BCUT2D eigenvalue weighted by molar-refractivity contribution is -0.159. The molecule has 8 heteroatoms. The minimum Gasteiger partial charge on any atom is -0.455 e. The number of para-hydroxylation sites is 1. The number of urea groups is 1. The molecule has 3 heterocycles. The molecular formula is C17H18ClN3O4. The van der Waals surface area contributed by atoms with Gasteiger partial charge in [-0.05, 0) is 12.1 Å². The Kier molecular flexibility index (Phi) is 3.83. The zero-order valence-corrected chi connectivity index (χ0v) is 14.3. The molecule has 1 aromatic carbocycles. The number of hydrogen-bond acceptors (Lipinski definition) is 4. The van der Waals surface area contributed by atoms with E-state index < -0.39 is 5.60 Å². The minimum atomic E-state index is -0.483. The first kappa shape index (κ1) is 16.2. The van der Waals surface area contributed by atoms with E-state index in [0.29, 0.717) is 43.2 Å². The number of nitrogens with zero attached hydrogens (tertiary/aromatic N) is 2. The Balaban J connectivity index is 1.34. The highest BCUT2D eigenvalue weighted by Crippen LogP contribution is 2.35. The van der Waals surface area contributed by atoms with Crippen LogP contribution < -0.4 is 10.2 Å². The summed E-state index contributed by atoms with van der Waals surface area (Å²) < 4.78 is 5.30. The second-order valence-corrected chi connectivity index (χ2v) is 7.23. The van der Waals surface area contributed by atoms with Gasteiger partial charge in [0.1, 0.15) is 5.60 Å². The van der Waals surface area contributed by atoms with E-state index in [-0.39, 0.29) is 30.4 Å². The third kappa shape index (κ3) is 2.93. The van der Waals surface area contributed by atoms with Crippen LogP contribution in [0.25, 0.3) is 0 Å². The lowest BCUT2D eigenvalue weighted by atomic mass is 9.91. The lowest BCUT2D eigenvalue weighted by Crippen LogP contribution is -2.65. The van der Waals surface area contributed by atoms with E-state index in [1.165, 1.54) is 0 Å². The molecule has 1 N–H and O–H groups in total. The van der Waals surface area contributed by atoms with Crippen LogP contribution in [0.2, 0.25) is 5.02 Å². The van der Waals surface area contributed by atoms with Crippen molar-refractivity contribution < 1.29 is 19.1 Å². The lowest BCUT2D eigenvalue weighted by Gasteiger charge is -2.46. The van der Waals surface area contributed by atoms with Gasteiger partial charge < -0.3 is 19.9 Å². The predicted molar refractivity (Wildman–Crippen MR) is 90.4 cm³/mol. The molecule has 4 rings (SSSR count). The number of carbonyl (C=O) groups excluding carboxylic acids is 3. The molecule has 3 aliphatic heterocycles. The third-order valence-electron chi connectivity index (χ3n) is 4.96. The molecule has 0 aromatic heterocycles. The highest BCUT2D eigenvalue weighted by molar-refractivity contribution is 6.33. The summed E-state index contributed by atoms with van der Waals surface area (Å²) in [5, 5.41) is 3.40. The Labute approximate surface area is 149 Å². The van der Waals surface area contributed by atoms with Gasteiger partial charge in [-0.1, -0.05) is 23.7 Å². The van der Waals surface area contributed by atoms with Gasteiger partial charge >= 0.3 is 12.0 Å². The summed E-state index contributed by atoms with van der Waals surface area (Å²) in [6.07, 6.45) is 1.32. The van der Waals surface area contributed by atoms with E-state index in [1.54, 1.807) is 28.0 Å². The van der Waals surface area contributed by atoms with Crippen LogP contribution >= 0.6 is 11.6 Å². The summed E-state index contributed by atoms with van der Waals surface area (Å²) in [6, 6.07) is 6.66. The van der Waals surface area contributed by atoms with Gasteiger partial charge in [-0.25, -0.2) is 4.79 Å². The van der Waals surface area contributed by atoms with Crippen LogP contribution in [-0.2, 0) is 14.3 Å². The van der Waals surface area contributed by atoms with E-state index in [0.717, 1.165) is 0 Å². The molecule has 1 unspecified atom stereocenters. The monoisotopic (exact) mass is 363 g/mol.